The molecule has 0 aromatic heterocycles. The molecule has 1 heterocycles. The van der Waals surface area contributed by atoms with Crippen LogP contribution in [0, 0.1) is 10.1 Å². The smallest absolute Gasteiger partial charge is 0.269 e. The molecule has 11 heteroatoms. The van der Waals surface area contributed by atoms with Crippen molar-refractivity contribution in [2.75, 3.05) is 44.7 Å². The Hall–Kier alpha value is -3.18. The van der Waals surface area contributed by atoms with E-state index >= 15 is 0 Å². The highest BCUT2D eigenvalue weighted by Gasteiger charge is 2.22. The number of sulfonamides is 1. The number of rotatable bonds is 8. The maximum atomic E-state index is 12.4. The average molecular weight is 449 g/mol. The van der Waals surface area contributed by atoms with Crippen LogP contribution in [0.3, 0.4) is 0 Å². The minimum absolute atomic E-state index is 0.00969. The first-order valence-electron chi connectivity index (χ1n) is 9.71. The molecule has 2 aromatic rings. The Morgan fingerprint density at radius 2 is 1.68 bits per heavy atom. The van der Waals surface area contributed by atoms with E-state index in [1.807, 2.05) is 0 Å². The fourth-order valence-electron chi connectivity index (χ4n) is 3.29. The van der Waals surface area contributed by atoms with Gasteiger partial charge in [0.1, 0.15) is 5.75 Å². The number of carbonyl (C=O) groups excluding carboxylic acids is 1. The van der Waals surface area contributed by atoms with Crippen LogP contribution in [0.5, 0.6) is 5.75 Å². The molecule has 0 aliphatic carbocycles. The minimum atomic E-state index is -3.70. The summed E-state index contributed by atoms with van der Waals surface area (Å²) >= 11 is 0. The molecular formula is C20H24N4O6S. The van der Waals surface area contributed by atoms with Gasteiger partial charge in [-0.3, -0.25) is 14.9 Å². The van der Waals surface area contributed by atoms with Gasteiger partial charge in [0.2, 0.25) is 15.9 Å². The Kier molecular flexibility index (Phi) is 7.08. The van der Waals surface area contributed by atoms with Crippen molar-refractivity contribution in [3.05, 3.63) is 58.6 Å². The van der Waals surface area contributed by atoms with Gasteiger partial charge in [-0.2, -0.15) is 0 Å². The van der Waals surface area contributed by atoms with Crippen molar-refractivity contribution in [2.45, 2.75) is 11.3 Å². The topological polar surface area (TPSA) is 122 Å². The Bertz CT molecular complexity index is 1020. The SMILES string of the molecule is COc1ccc(S(=O)(=O)NCCC(=O)N2CCN(c3ccc([N+](=O)[O-])cc3)CC2)cc1. The molecule has 31 heavy (non-hydrogen) atoms. The zero-order valence-electron chi connectivity index (χ0n) is 17.1. The van der Waals surface area contributed by atoms with Gasteiger partial charge in [0, 0.05) is 57.0 Å². The lowest BCUT2D eigenvalue weighted by Gasteiger charge is -2.36. The normalized spacial score (nSPS) is 14.4. The quantitative estimate of drug-likeness (QED) is 0.481. The predicted octanol–water partition coefficient (Wildman–Crippen LogP) is 1.62. The number of amides is 1. The van der Waals surface area contributed by atoms with E-state index in [-0.39, 0.29) is 29.5 Å². The number of nitrogens with zero attached hydrogens (tertiary/aromatic N) is 3. The number of carbonyl (C=O) groups is 1. The van der Waals surface area contributed by atoms with Gasteiger partial charge in [-0.25, -0.2) is 13.1 Å². The zero-order chi connectivity index (χ0) is 22.4. The Labute approximate surface area is 180 Å². The molecule has 0 spiro atoms. The number of nitrogens with one attached hydrogen (secondary N) is 1. The molecule has 10 nitrogen and oxygen atoms in total. The summed E-state index contributed by atoms with van der Waals surface area (Å²) < 4.78 is 32.1. The standard InChI is InChI=1S/C20H24N4O6S/c1-30-18-6-8-19(9-7-18)31(28,29)21-11-10-20(25)23-14-12-22(13-15-23)16-2-4-17(5-3-16)24(26)27/h2-9,21H,10-15H2,1H3. The van der Waals surface area contributed by atoms with Gasteiger partial charge in [-0.1, -0.05) is 0 Å². The summed E-state index contributed by atoms with van der Waals surface area (Å²) in [5.74, 6) is 0.433. The van der Waals surface area contributed by atoms with E-state index in [1.165, 1.54) is 31.4 Å². The third kappa shape index (κ3) is 5.70. The molecule has 1 fully saturated rings. The van der Waals surface area contributed by atoms with Crippen LogP contribution < -0.4 is 14.4 Å². The Morgan fingerprint density at radius 3 is 2.23 bits per heavy atom. The summed E-state index contributed by atoms with van der Waals surface area (Å²) in [4.78, 5) is 26.6. The third-order valence-electron chi connectivity index (χ3n) is 5.06. The van der Waals surface area contributed by atoms with Crippen LogP contribution in [0.4, 0.5) is 11.4 Å². The first-order chi connectivity index (χ1) is 14.8. The van der Waals surface area contributed by atoms with E-state index < -0.39 is 14.9 Å². The lowest BCUT2D eigenvalue weighted by atomic mass is 10.2. The van der Waals surface area contributed by atoms with E-state index in [4.69, 9.17) is 4.74 Å². The van der Waals surface area contributed by atoms with E-state index in [2.05, 4.69) is 9.62 Å². The molecule has 0 saturated carbocycles. The maximum absolute atomic E-state index is 12.4. The first-order valence-corrected chi connectivity index (χ1v) is 11.2. The highest BCUT2D eigenvalue weighted by Crippen LogP contribution is 2.21. The first kappa shape index (κ1) is 22.5. The molecule has 2 aromatic carbocycles. The minimum Gasteiger partial charge on any atom is -0.497 e. The van der Waals surface area contributed by atoms with Crippen LogP contribution in [-0.2, 0) is 14.8 Å². The van der Waals surface area contributed by atoms with Gasteiger partial charge >= 0.3 is 0 Å². The fourth-order valence-corrected chi connectivity index (χ4v) is 4.32. The largest absolute Gasteiger partial charge is 0.497 e. The number of hydrogen-bond donors (Lipinski definition) is 1. The van der Waals surface area contributed by atoms with E-state index in [0.717, 1.165) is 5.69 Å². The van der Waals surface area contributed by atoms with Gasteiger partial charge in [-0.15, -0.1) is 0 Å². The van der Waals surface area contributed by atoms with Crippen LogP contribution in [0.25, 0.3) is 0 Å². The molecule has 1 amide bonds. The van der Waals surface area contributed by atoms with E-state index in [1.54, 1.807) is 29.2 Å². The summed E-state index contributed by atoms with van der Waals surface area (Å²) in [5, 5.41) is 10.8. The van der Waals surface area contributed by atoms with Crippen molar-refractivity contribution in [1.29, 1.82) is 0 Å². The Balaban J connectivity index is 1.46. The molecular weight excluding hydrogens is 424 g/mol. The van der Waals surface area contributed by atoms with Crippen molar-refractivity contribution >= 4 is 27.3 Å². The summed E-state index contributed by atoms with van der Waals surface area (Å²) in [5.41, 5.74) is 0.902. The number of methoxy groups -OCH3 is 1. The third-order valence-corrected chi connectivity index (χ3v) is 6.54. The Morgan fingerprint density at radius 1 is 1.06 bits per heavy atom. The summed E-state index contributed by atoms with van der Waals surface area (Å²) in [7, 11) is -2.20. The molecule has 1 aliphatic rings. The molecule has 0 radical (unpaired) electrons. The molecule has 0 unspecified atom stereocenters. The molecule has 3 rings (SSSR count). The van der Waals surface area contributed by atoms with Gasteiger partial charge in [0.25, 0.3) is 5.69 Å². The highest BCUT2D eigenvalue weighted by molar-refractivity contribution is 7.89. The molecule has 1 N–H and O–H groups in total. The molecule has 1 aliphatic heterocycles. The number of hydrogen-bond acceptors (Lipinski definition) is 7. The number of nitro benzene ring substituents is 1. The van der Waals surface area contributed by atoms with Crippen LogP contribution in [-0.4, -0.2) is 64.0 Å². The second-order valence-corrected chi connectivity index (χ2v) is 8.73. The highest BCUT2D eigenvalue weighted by atomic mass is 32.2. The molecule has 166 valence electrons. The van der Waals surface area contributed by atoms with E-state index in [0.29, 0.717) is 31.9 Å². The van der Waals surface area contributed by atoms with Crippen molar-refractivity contribution < 1.29 is 22.9 Å². The number of piperazine rings is 1. The second kappa shape index (κ2) is 9.75. The summed E-state index contributed by atoms with van der Waals surface area (Å²) in [6, 6.07) is 12.3. The van der Waals surface area contributed by atoms with Crippen LogP contribution in [0.1, 0.15) is 6.42 Å². The van der Waals surface area contributed by atoms with Crippen molar-refractivity contribution in [3.8, 4) is 5.75 Å². The molecule has 0 atom stereocenters. The van der Waals surface area contributed by atoms with Crippen molar-refractivity contribution in [2.24, 2.45) is 0 Å². The molecule has 0 bridgehead atoms. The van der Waals surface area contributed by atoms with E-state index in [9.17, 15) is 23.3 Å². The second-order valence-electron chi connectivity index (χ2n) is 6.96. The lowest BCUT2D eigenvalue weighted by molar-refractivity contribution is -0.384. The number of non-ortho nitro benzene ring substituents is 1. The fraction of sp³-hybridized carbons (Fsp3) is 0.350. The zero-order valence-corrected chi connectivity index (χ0v) is 17.9. The monoisotopic (exact) mass is 448 g/mol. The van der Waals surface area contributed by atoms with Gasteiger partial charge < -0.3 is 14.5 Å². The van der Waals surface area contributed by atoms with Crippen LogP contribution in [0.2, 0.25) is 0 Å². The van der Waals surface area contributed by atoms with Crippen LogP contribution >= 0.6 is 0 Å². The van der Waals surface area contributed by atoms with Gasteiger partial charge in [-0.05, 0) is 36.4 Å². The predicted molar refractivity (Wildman–Crippen MR) is 115 cm³/mol. The number of anilines is 1. The van der Waals surface area contributed by atoms with Crippen molar-refractivity contribution in [3.63, 3.8) is 0 Å². The van der Waals surface area contributed by atoms with Crippen LogP contribution in [0.15, 0.2) is 53.4 Å². The summed E-state index contributed by atoms with van der Waals surface area (Å²) in [6.45, 7) is 2.21. The number of benzene rings is 2. The average Bonchev–Trinajstić information content (AvgIpc) is 2.79. The lowest BCUT2D eigenvalue weighted by Crippen LogP contribution is -2.49. The van der Waals surface area contributed by atoms with Crippen molar-refractivity contribution in [1.82, 2.24) is 9.62 Å². The maximum Gasteiger partial charge on any atom is 0.269 e. The number of nitro groups is 1. The summed E-state index contributed by atoms with van der Waals surface area (Å²) in [6.07, 6.45) is 0.0624. The molecule has 1 saturated heterocycles. The van der Waals surface area contributed by atoms with Gasteiger partial charge in [0.05, 0.1) is 16.9 Å². The number of ether oxygens (including phenoxy) is 1. The van der Waals surface area contributed by atoms with Gasteiger partial charge in [0.15, 0.2) is 0 Å².